The topological polar surface area (TPSA) is 186 Å². The van der Waals surface area contributed by atoms with Crippen molar-refractivity contribution in [1.82, 2.24) is 21.3 Å². The van der Waals surface area contributed by atoms with Gasteiger partial charge in [-0.3, -0.25) is 9.59 Å². The van der Waals surface area contributed by atoms with Crippen LogP contribution >= 0.6 is 23.5 Å². The molecular formula is C38H44N4O8S2. The van der Waals surface area contributed by atoms with Crippen molar-refractivity contribution >= 4 is 52.9 Å². The zero-order valence-electron chi connectivity index (χ0n) is 28.7. The maximum atomic E-state index is 12.5. The maximum Gasteiger partial charge on any atom is 0.336 e. The molecule has 0 radical (unpaired) electrons. The number of unbranched alkanes of at least 4 members (excludes halogenated alkanes) is 3. The number of phenolic OH excluding ortho intramolecular Hbond substituents is 1. The molecule has 1 aliphatic carbocycles. The Morgan fingerprint density at radius 1 is 0.962 bits per heavy atom. The number of nitrogens with one attached hydrogen (secondary N) is 4. The van der Waals surface area contributed by atoms with Crippen molar-refractivity contribution in [2.75, 3.05) is 24.6 Å². The largest absolute Gasteiger partial charge is 0.508 e. The van der Waals surface area contributed by atoms with E-state index in [2.05, 4.69) is 21.3 Å². The molecule has 14 heteroatoms. The van der Waals surface area contributed by atoms with Gasteiger partial charge in [-0.05, 0) is 67.5 Å². The van der Waals surface area contributed by atoms with Gasteiger partial charge in [0.15, 0.2) is 0 Å². The summed E-state index contributed by atoms with van der Waals surface area (Å²) in [6, 6.07) is 10.2. The Labute approximate surface area is 310 Å². The van der Waals surface area contributed by atoms with Crippen LogP contribution in [0.25, 0.3) is 5.57 Å². The van der Waals surface area contributed by atoms with E-state index in [1.54, 1.807) is 30.4 Å². The first-order valence-electron chi connectivity index (χ1n) is 17.7. The molecule has 4 amide bonds. The van der Waals surface area contributed by atoms with E-state index in [0.717, 1.165) is 49.8 Å². The number of thioether (sulfide) groups is 2. The third kappa shape index (κ3) is 9.33. The number of aliphatic hydroxyl groups is 1. The number of phenols is 1. The molecule has 2 aromatic rings. The minimum absolute atomic E-state index is 0.000731. The Balaban J connectivity index is 0.881. The van der Waals surface area contributed by atoms with Crippen molar-refractivity contribution in [2.45, 2.75) is 74.1 Å². The molecule has 2 aromatic carbocycles. The van der Waals surface area contributed by atoms with Gasteiger partial charge in [0.1, 0.15) is 17.3 Å². The Hall–Kier alpha value is -4.40. The number of carboxylic acid groups (broad SMARTS) is 1. The predicted molar refractivity (Wildman–Crippen MR) is 201 cm³/mol. The van der Waals surface area contributed by atoms with E-state index in [1.165, 1.54) is 30.0 Å². The first-order valence-corrected chi connectivity index (χ1v) is 19.9. The second-order valence-corrected chi connectivity index (χ2v) is 15.5. The lowest BCUT2D eigenvalue weighted by atomic mass is 9.85. The molecule has 3 aliphatic heterocycles. The summed E-state index contributed by atoms with van der Waals surface area (Å²) in [7, 11) is 0. The van der Waals surface area contributed by atoms with Crippen LogP contribution in [-0.4, -0.2) is 87.2 Å². The molecule has 0 spiro atoms. The van der Waals surface area contributed by atoms with Crippen molar-refractivity contribution in [3.63, 3.8) is 0 Å². The molecule has 7 N–H and O–H groups in total. The standard InChI is InChI=1S/C38H44N4O8S2/c43-23-9-12-26-30(17-23)50-31-18-24(44)10-13-27(31)35(26)25-11-8-22(16-28(25)37(47)48)19-51-21-34(46)40-15-5-1-4-14-39-33(45)7-3-2-6-32-36-29(20-52-32)41-38(49)42-36/h8-13,16-18,23,29,32,36,43-44H,1-7,14-15,19-21H2,(H,39,45)(H,40,46)(H,47,48)(H2,41,42,49)/t23?,29-,32-,36-/m0/s1. The van der Waals surface area contributed by atoms with E-state index < -0.39 is 12.1 Å². The summed E-state index contributed by atoms with van der Waals surface area (Å²) in [5, 5.41) is 42.7. The molecule has 4 aliphatic rings. The first-order chi connectivity index (χ1) is 25.2. The Bertz CT molecular complexity index is 1790. The Kier molecular flexibility index (Phi) is 12.5. The molecule has 4 atom stereocenters. The first kappa shape index (κ1) is 37.4. The number of urea groups is 1. The minimum atomic E-state index is -1.10. The Morgan fingerprint density at radius 2 is 1.75 bits per heavy atom. The monoisotopic (exact) mass is 748 g/mol. The van der Waals surface area contributed by atoms with Crippen LogP contribution in [0, 0.1) is 0 Å². The summed E-state index contributed by atoms with van der Waals surface area (Å²) in [6.45, 7) is 1.16. The minimum Gasteiger partial charge on any atom is -0.508 e. The lowest BCUT2D eigenvalue weighted by Crippen LogP contribution is -2.36. The molecule has 12 nitrogen and oxygen atoms in total. The average Bonchev–Trinajstić information content (AvgIpc) is 3.67. The molecule has 0 saturated carbocycles. The summed E-state index contributed by atoms with van der Waals surface area (Å²) in [6.07, 6.45) is 9.79. The third-order valence-electron chi connectivity index (χ3n) is 9.44. The predicted octanol–water partition coefficient (Wildman–Crippen LogP) is 4.46. The summed E-state index contributed by atoms with van der Waals surface area (Å²) >= 11 is 3.29. The van der Waals surface area contributed by atoms with Gasteiger partial charge >= 0.3 is 12.0 Å². The van der Waals surface area contributed by atoms with Crippen molar-refractivity contribution in [3.05, 3.63) is 88.2 Å². The van der Waals surface area contributed by atoms with Gasteiger partial charge < -0.3 is 41.3 Å². The quantitative estimate of drug-likeness (QED) is 0.0900. The smallest absolute Gasteiger partial charge is 0.336 e. The number of amides is 4. The maximum absolute atomic E-state index is 12.5. The van der Waals surface area contributed by atoms with E-state index >= 15 is 0 Å². The second-order valence-electron chi connectivity index (χ2n) is 13.3. The van der Waals surface area contributed by atoms with Gasteiger partial charge in [0.2, 0.25) is 11.8 Å². The second kappa shape index (κ2) is 17.4. The molecule has 0 bridgehead atoms. The lowest BCUT2D eigenvalue weighted by Gasteiger charge is -2.28. The molecular weight excluding hydrogens is 705 g/mol. The summed E-state index contributed by atoms with van der Waals surface area (Å²) in [5.41, 5.74) is 3.21. The highest BCUT2D eigenvalue weighted by Crippen LogP contribution is 2.45. The number of aromatic hydroxyl groups is 1. The van der Waals surface area contributed by atoms with Crippen LogP contribution in [0.3, 0.4) is 0 Å². The van der Waals surface area contributed by atoms with Crippen LogP contribution in [0.1, 0.15) is 72.0 Å². The number of carbonyl (C=O) groups is 4. The highest BCUT2D eigenvalue weighted by Gasteiger charge is 2.42. The summed E-state index contributed by atoms with van der Waals surface area (Å²) in [5.74, 6) is 1.23. The zero-order valence-corrected chi connectivity index (χ0v) is 30.3. The molecule has 3 heterocycles. The highest BCUT2D eigenvalue weighted by molar-refractivity contribution is 8.00. The number of aliphatic hydroxyl groups excluding tert-OH is 1. The average molecular weight is 749 g/mol. The summed E-state index contributed by atoms with van der Waals surface area (Å²) in [4.78, 5) is 48.7. The molecule has 2 saturated heterocycles. The van der Waals surface area contributed by atoms with Crippen LogP contribution in [0.5, 0.6) is 11.5 Å². The van der Waals surface area contributed by atoms with Crippen LogP contribution in [-0.2, 0) is 15.3 Å². The SMILES string of the molecule is O=C(CCCC[C@@H]1SC[C@@H]2NC(=O)N[C@@H]21)NCCCCCNC(=O)CSCc1ccc(C2=C3C=CC(O)C=C3Oc3cc(O)ccc32)c(C(=O)O)c1. The fourth-order valence-corrected chi connectivity index (χ4v) is 9.21. The lowest BCUT2D eigenvalue weighted by molar-refractivity contribution is -0.121. The van der Waals surface area contributed by atoms with Crippen molar-refractivity contribution < 1.29 is 39.2 Å². The Morgan fingerprint density at radius 3 is 2.56 bits per heavy atom. The summed E-state index contributed by atoms with van der Waals surface area (Å²) < 4.78 is 5.96. The van der Waals surface area contributed by atoms with E-state index in [0.29, 0.717) is 64.3 Å². The highest BCUT2D eigenvalue weighted by atomic mass is 32.2. The van der Waals surface area contributed by atoms with Gasteiger partial charge in [0.05, 0.1) is 29.5 Å². The van der Waals surface area contributed by atoms with E-state index in [-0.39, 0.29) is 47.0 Å². The van der Waals surface area contributed by atoms with E-state index in [4.69, 9.17) is 4.74 Å². The van der Waals surface area contributed by atoms with E-state index in [1.807, 2.05) is 17.8 Å². The van der Waals surface area contributed by atoms with Gasteiger partial charge in [-0.1, -0.05) is 30.7 Å². The number of aromatic carboxylic acids is 1. The number of carboxylic acids is 1. The van der Waals surface area contributed by atoms with Crippen molar-refractivity contribution in [3.8, 4) is 11.5 Å². The van der Waals surface area contributed by atoms with Crippen LogP contribution in [0.2, 0.25) is 0 Å². The normalized spacial score (nSPS) is 21.2. The number of hydrogen-bond donors (Lipinski definition) is 7. The van der Waals surface area contributed by atoms with Gasteiger partial charge in [0.25, 0.3) is 0 Å². The fourth-order valence-electron chi connectivity index (χ4n) is 6.86. The molecule has 0 aromatic heterocycles. The molecule has 2 fully saturated rings. The van der Waals surface area contributed by atoms with Crippen LogP contribution < -0.4 is 26.0 Å². The molecule has 1 unspecified atom stereocenters. The molecule has 6 rings (SSSR count). The number of rotatable bonds is 17. The molecule has 276 valence electrons. The van der Waals surface area contributed by atoms with Gasteiger partial charge in [-0.15, -0.1) is 11.8 Å². The van der Waals surface area contributed by atoms with E-state index in [9.17, 15) is 34.5 Å². The zero-order chi connectivity index (χ0) is 36.6. The number of hydrogen-bond acceptors (Lipinski definition) is 9. The van der Waals surface area contributed by atoms with Gasteiger partial charge in [-0.2, -0.15) is 11.8 Å². The van der Waals surface area contributed by atoms with Crippen molar-refractivity contribution in [2.24, 2.45) is 0 Å². The number of carbonyl (C=O) groups excluding carboxylic acids is 3. The molecule has 52 heavy (non-hydrogen) atoms. The van der Waals surface area contributed by atoms with Crippen LogP contribution in [0.4, 0.5) is 4.79 Å². The third-order valence-corrected chi connectivity index (χ3v) is 11.9. The number of benzene rings is 2. The van der Waals surface area contributed by atoms with Crippen molar-refractivity contribution in [1.29, 1.82) is 0 Å². The van der Waals surface area contributed by atoms with Crippen LogP contribution in [0.15, 0.2) is 66.0 Å². The van der Waals surface area contributed by atoms with Gasteiger partial charge in [-0.25, -0.2) is 9.59 Å². The number of allylic oxidation sites excluding steroid dienone is 1. The van der Waals surface area contributed by atoms with Gasteiger partial charge in [0, 0.05) is 59.0 Å². The number of ether oxygens (including phenoxy) is 1. The number of fused-ring (bicyclic) bond motifs is 3. The fraction of sp³-hybridized carbons (Fsp3) is 0.421.